The van der Waals surface area contributed by atoms with Crippen LogP contribution >= 0.6 is 0 Å². The number of anilines is 1. The van der Waals surface area contributed by atoms with E-state index in [9.17, 15) is 24.6 Å². The lowest BCUT2D eigenvalue weighted by atomic mass is 9.93. The molecule has 0 spiro atoms. The molecule has 2 aromatic rings. The van der Waals surface area contributed by atoms with E-state index in [0.717, 1.165) is 12.8 Å². The molecule has 3 aliphatic heterocycles. The highest BCUT2D eigenvalue weighted by molar-refractivity contribution is 5.88. The molecule has 5 heterocycles. The highest BCUT2D eigenvalue weighted by Gasteiger charge is 2.48. The molecule has 0 radical (unpaired) electrons. The van der Waals surface area contributed by atoms with Gasteiger partial charge in [-0.15, -0.1) is 0 Å². The summed E-state index contributed by atoms with van der Waals surface area (Å²) in [5, 5.41) is 24.0. The second-order valence-electron chi connectivity index (χ2n) is 10.8. The lowest BCUT2D eigenvalue weighted by Crippen LogP contribution is -2.57. The van der Waals surface area contributed by atoms with Crippen LogP contribution in [0, 0.1) is 5.92 Å². The monoisotopic (exact) mass is 544 g/mol. The number of carbonyl (C=O) groups excluding carboxylic acids is 3. The molecule has 5 atom stereocenters. The van der Waals surface area contributed by atoms with Crippen molar-refractivity contribution in [1.82, 2.24) is 34.6 Å². The Kier molecular flexibility index (Phi) is 6.51. The molecular formula is C24H32N8O7. The Morgan fingerprint density at radius 3 is 2.59 bits per heavy atom. The van der Waals surface area contributed by atoms with Gasteiger partial charge in [0, 0.05) is 32.6 Å². The van der Waals surface area contributed by atoms with Crippen LogP contribution in [0.2, 0.25) is 0 Å². The summed E-state index contributed by atoms with van der Waals surface area (Å²) in [6.45, 7) is 1.38. The van der Waals surface area contributed by atoms with Gasteiger partial charge in [-0.25, -0.2) is 19.7 Å². The van der Waals surface area contributed by atoms with E-state index in [-0.39, 0.29) is 23.7 Å². The Labute approximate surface area is 223 Å². The van der Waals surface area contributed by atoms with Crippen LogP contribution in [-0.4, -0.2) is 115 Å². The van der Waals surface area contributed by atoms with E-state index in [1.807, 2.05) is 0 Å². The molecule has 4 aliphatic rings. The van der Waals surface area contributed by atoms with Crippen LogP contribution in [0.5, 0.6) is 0 Å². The fraction of sp³-hybridized carbons (Fsp3) is 0.667. The second-order valence-corrected chi connectivity index (χ2v) is 10.8. The van der Waals surface area contributed by atoms with Gasteiger partial charge in [0.15, 0.2) is 29.9 Å². The highest BCUT2D eigenvalue weighted by Crippen LogP contribution is 2.33. The number of aromatic nitrogens is 4. The minimum atomic E-state index is -1.41. The predicted octanol–water partition coefficient (Wildman–Crippen LogP) is -1.46. The van der Waals surface area contributed by atoms with Crippen LogP contribution in [0.4, 0.5) is 10.6 Å². The number of nitrogens with zero attached hydrogens (tertiary/aromatic N) is 6. The third-order valence-electron chi connectivity index (χ3n) is 7.87. The molecule has 1 aliphatic carbocycles. The highest BCUT2D eigenvalue weighted by atomic mass is 16.6. The fourth-order valence-electron chi connectivity index (χ4n) is 5.29. The van der Waals surface area contributed by atoms with Crippen LogP contribution in [-0.2, 0) is 25.5 Å². The molecule has 2 aromatic heterocycles. The zero-order valence-corrected chi connectivity index (χ0v) is 21.5. The molecule has 1 saturated carbocycles. The van der Waals surface area contributed by atoms with Crippen LogP contribution in [0.15, 0.2) is 6.33 Å². The van der Waals surface area contributed by atoms with Gasteiger partial charge in [0.1, 0.15) is 23.5 Å². The molecule has 4 fully saturated rings. The molecule has 3 saturated heterocycles. The standard InChI is InChI=1S/C24H32N8O7/c1-30-9-13(22(30)36)38-24(37)31-6-4-11(5-7-31)8-14-28-19(25)15-20(29-14)32(10-26-15)23-17(34)16(33)18(39-23)21(35)27-12-2-3-12/h10-13,16-18,23,33-34H,2-9H2,1H3,(H,27,35)(H2,25,28,29)/t13?,16?,17?,18-,23+/m0/s1. The SMILES string of the molecule is CN1CC(OC(=O)N2CCC(Cc3nc(N)c4ncn([C@@H]5O[C@H](C(=O)NC6CC6)C(O)C5O)c4n3)CC2)C1=O. The van der Waals surface area contributed by atoms with Crippen molar-refractivity contribution in [2.75, 3.05) is 32.4 Å². The molecule has 5 N–H and O–H groups in total. The maximum absolute atomic E-state index is 12.5. The average molecular weight is 545 g/mol. The van der Waals surface area contributed by atoms with Gasteiger partial charge in [0.25, 0.3) is 11.8 Å². The maximum atomic E-state index is 12.5. The van der Waals surface area contributed by atoms with E-state index in [0.29, 0.717) is 55.9 Å². The molecule has 15 nitrogen and oxygen atoms in total. The van der Waals surface area contributed by atoms with Crippen molar-refractivity contribution >= 4 is 34.9 Å². The van der Waals surface area contributed by atoms with Crippen molar-refractivity contribution in [2.24, 2.45) is 5.92 Å². The van der Waals surface area contributed by atoms with E-state index in [1.165, 1.54) is 15.8 Å². The summed E-state index contributed by atoms with van der Waals surface area (Å²) in [6, 6.07) is 0.0835. The van der Waals surface area contributed by atoms with Crippen LogP contribution in [0.25, 0.3) is 11.2 Å². The number of ether oxygens (including phenoxy) is 2. The van der Waals surface area contributed by atoms with Gasteiger partial charge < -0.3 is 40.5 Å². The van der Waals surface area contributed by atoms with Crippen LogP contribution in [0.1, 0.15) is 37.7 Å². The summed E-state index contributed by atoms with van der Waals surface area (Å²) in [5.41, 5.74) is 6.83. The second kappa shape index (κ2) is 9.88. The van der Waals surface area contributed by atoms with Crippen molar-refractivity contribution in [2.45, 2.75) is 68.8 Å². The van der Waals surface area contributed by atoms with Crippen LogP contribution in [0.3, 0.4) is 0 Å². The summed E-state index contributed by atoms with van der Waals surface area (Å²) < 4.78 is 12.6. The minimum absolute atomic E-state index is 0.0835. The number of fused-ring (bicyclic) bond motifs is 1. The third kappa shape index (κ3) is 4.85. The lowest BCUT2D eigenvalue weighted by Gasteiger charge is -2.37. The number of hydrogen-bond donors (Lipinski definition) is 4. The van der Waals surface area contributed by atoms with Crippen molar-refractivity contribution in [1.29, 1.82) is 0 Å². The summed E-state index contributed by atoms with van der Waals surface area (Å²) in [6.07, 6.45) is -1.21. The molecule has 6 rings (SSSR count). The predicted molar refractivity (Wildman–Crippen MR) is 133 cm³/mol. The average Bonchev–Trinajstić information content (AvgIpc) is 3.56. The summed E-state index contributed by atoms with van der Waals surface area (Å²) in [5.74, 6) is 0.171. The number of carbonyl (C=O) groups is 3. The van der Waals surface area contributed by atoms with Gasteiger partial charge in [0.2, 0.25) is 0 Å². The van der Waals surface area contributed by atoms with E-state index < -0.39 is 42.6 Å². The molecule has 3 amide bonds. The number of β-lactam (4-membered cyclic amide) rings is 1. The third-order valence-corrected chi connectivity index (χ3v) is 7.87. The number of piperidine rings is 1. The quantitative estimate of drug-likeness (QED) is 0.310. The van der Waals surface area contributed by atoms with Gasteiger partial charge in [-0.1, -0.05) is 0 Å². The van der Waals surface area contributed by atoms with Gasteiger partial charge in [-0.05, 0) is 31.6 Å². The number of amides is 3. The minimum Gasteiger partial charge on any atom is -0.434 e. The summed E-state index contributed by atoms with van der Waals surface area (Å²) in [4.78, 5) is 53.1. The number of nitrogen functional groups attached to an aromatic ring is 1. The number of imidazole rings is 1. The van der Waals surface area contributed by atoms with Crippen molar-refractivity contribution < 1.29 is 34.1 Å². The fourth-order valence-corrected chi connectivity index (χ4v) is 5.29. The Morgan fingerprint density at radius 2 is 1.92 bits per heavy atom. The first-order chi connectivity index (χ1) is 18.7. The normalized spacial score (nSPS) is 29.5. The Bertz CT molecular complexity index is 1290. The number of hydrogen-bond acceptors (Lipinski definition) is 11. The molecule has 0 aromatic carbocycles. The number of likely N-dealkylation sites (N-methyl/N-ethyl adjacent to an activating group) is 1. The lowest BCUT2D eigenvalue weighted by molar-refractivity contribution is -0.154. The largest absolute Gasteiger partial charge is 0.434 e. The number of likely N-dealkylation sites (tertiary alicyclic amines) is 2. The number of nitrogens with two attached hydrogens (primary N) is 1. The van der Waals surface area contributed by atoms with Gasteiger partial charge in [-0.3, -0.25) is 14.2 Å². The smallest absolute Gasteiger partial charge is 0.410 e. The first-order valence-electron chi connectivity index (χ1n) is 13.2. The van der Waals surface area contributed by atoms with E-state index >= 15 is 0 Å². The van der Waals surface area contributed by atoms with E-state index in [4.69, 9.17) is 15.2 Å². The summed E-state index contributed by atoms with van der Waals surface area (Å²) >= 11 is 0. The van der Waals surface area contributed by atoms with Crippen LogP contribution < -0.4 is 11.1 Å². The molecular weight excluding hydrogens is 512 g/mol. The zero-order valence-electron chi connectivity index (χ0n) is 21.5. The van der Waals surface area contributed by atoms with Crippen molar-refractivity contribution in [3.8, 4) is 0 Å². The number of aliphatic hydroxyl groups is 2. The van der Waals surface area contributed by atoms with Gasteiger partial charge in [-0.2, -0.15) is 0 Å². The first-order valence-corrected chi connectivity index (χ1v) is 13.2. The Morgan fingerprint density at radius 1 is 1.18 bits per heavy atom. The molecule has 3 unspecified atom stereocenters. The summed E-state index contributed by atoms with van der Waals surface area (Å²) in [7, 11) is 1.66. The van der Waals surface area contributed by atoms with Gasteiger partial charge in [0.05, 0.1) is 12.9 Å². The van der Waals surface area contributed by atoms with Crippen molar-refractivity contribution in [3.63, 3.8) is 0 Å². The Balaban J connectivity index is 1.11. The van der Waals surface area contributed by atoms with Crippen molar-refractivity contribution in [3.05, 3.63) is 12.2 Å². The van der Waals surface area contributed by atoms with E-state index in [2.05, 4.69) is 20.3 Å². The number of aliphatic hydroxyl groups excluding tert-OH is 2. The molecule has 15 heteroatoms. The van der Waals surface area contributed by atoms with E-state index in [1.54, 1.807) is 11.9 Å². The zero-order chi connectivity index (χ0) is 27.4. The molecule has 210 valence electrons. The molecule has 39 heavy (non-hydrogen) atoms. The maximum Gasteiger partial charge on any atom is 0.410 e. The number of rotatable bonds is 6. The Hall–Kier alpha value is -3.56. The topological polar surface area (TPSA) is 198 Å². The number of nitrogens with one attached hydrogen (secondary N) is 1. The first kappa shape index (κ1) is 25.7. The molecule has 0 bridgehead atoms. The van der Waals surface area contributed by atoms with Gasteiger partial charge >= 0.3 is 6.09 Å².